The molecular formula is C20H20N2O3S. The maximum atomic E-state index is 12.2. The Morgan fingerprint density at radius 2 is 1.81 bits per heavy atom. The first-order valence-corrected chi connectivity index (χ1v) is 9.12. The van der Waals surface area contributed by atoms with Gasteiger partial charge in [-0.15, -0.1) is 11.3 Å². The largest absolute Gasteiger partial charge is 0.387 e. The highest BCUT2D eigenvalue weighted by molar-refractivity contribution is 7.14. The molecule has 0 aliphatic rings. The summed E-state index contributed by atoms with van der Waals surface area (Å²) in [4.78, 5) is 24.6. The minimum absolute atomic E-state index is 0.108. The summed E-state index contributed by atoms with van der Waals surface area (Å²) in [6.07, 6.45) is -0.776. The molecule has 5 nitrogen and oxygen atoms in total. The summed E-state index contributed by atoms with van der Waals surface area (Å²) >= 11 is 1.32. The molecule has 1 atom stereocenters. The van der Waals surface area contributed by atoms with Gasteiger partial charge < -0.3 is 15.7 Å². The zero-order chi connectivity index (χ0) is 18.5. The van der Waals surface area contributed by atoms with E-state index in [1.807, 2.05) is 48.5 Å². The summed E-state index contributed by atoms with van der Waals surface area (Å²) in [7, 11) is 0. The summed E-state index contributed by atoms with van der Waals surface area (Å²) in [5.74, 6) is -0.341. The number of aliphatic hydroxyl groups is 1. The second-order valence-electron chi connectivity index (χ2n) is 6.01. The second-order valence-corrected chi connectivity index (χ2v) is 7.18. The lowest BCUT2D eigenvalue weighted by Crippen LogP contribution is -2.27. The van der Waals surface area contributed by atoms with Crippen molar-refractivity contribution in [3.8, 4) is 0 Å². The Labute approximate surface area is 155 Å². The molecule has 134 valence electrons. The molecule has 0 bridgehead atoms. The maximum Gasteiger partial charge on any atom is 0.261 e. The second kappa shape index (κ2) is 8.12. The molecule has 0 saturated carbocycles. The Morgan fingerprint density at radius 1 is 1.04 bits per heavy atom. The highest BCUT2D eigenvalue weighted by Gasteiger charge is 2.13. The molecule has 0 radical (unpaired) electrons. The number of hydrogen-bond donors (Lipinski definition) is 3. The number of hydrogen-bond acceptors (Lipinski definition) is 4. The predicted molar refractivity (Wildman–Crippen MR) is 103 cm³/mol. The summed E-state index contributed by atoms with van der Waals surface area (Å²) in [6.45, 7) is 2.00. The average molecular weight is 368 g/mol. The van der Waals surface area contributed by atoms with Crippen LogP contribution >= 0.6 is 11.3 Å². The Bertz CT molecular complexity index is 935. The van der Waals surface area contributed by atoms with Crippen LogP contribution in [0.1, 0.15) is 33.1 Å². The molecule has 3 rings (SSSR count). The zero-order valence-corrected chi connectivity index (χ0v) is 15.2. The fourth-order valence-electron chi connectivity index (χ4n) is 2.62. The Kier molecular flexibility index (Phi) is 5.65. The first kappa shape index (κ1) is 18.1. The molecule has 26 heavy (non-hydrogen) atoms. The molecule has 0 aliphatic heterocycles. The maximum absolute atomic E-state index is 12.2. The molecule has 2 aromatic carbocycles. The Balaban J connectivity index is 1.58. The topological polar surface area (TPSA) is 78.4 Å². The monoisotopic (exact) mass is 368 g/mol. The fourth-order valence-corrected chi connectivity index (χ4v) is 3.48. The average Bonchev–Trinajstić information content (AvgIpc) is 3.13. The van der Waals surface area contributed by atoms with Crippen LogP contribution in [0.4, 0.5) is 0 Å². The van der Waals surface area contributed by atoms with Gasteiger partial charge in [-0.3, -0.25) is 9.59 Å². The molecule has 2 amide bonds. The van der Waals surface area contributed by atoms with Gasteiger partial charge in [0.2, 0.25) is 5.91 Å². The van der Waals surface area contributed by atoms with Gasteiger partial charge in [0.25, 0.3) is 5.91 Å². The van der Waals surface area contributed by atoms with Crippen LogP contribution in [-0.2, 0) is 11.3 Å². The summed E-state index contributed by atoms with van der Waals surface area (Å²) in [5.41, 5.74) is 0.765. The van der Waals surface area contributed by atoms with E-state index in [0.29, 0.717) is 11.4 Å². The van der Waals surface area contributed by atoms with Crippen molar-refractivity contribution in [1.82, 2.24) is 10.6 Å². The van der Waals surface area contributed by atoms with Crippen LogP contribution in [0.15, 0.2) is 54.6 Å². The van der Waals surface area contributed by atoms with Gasteiger partial charge >= 0.3 is 0 Å². The van der Waals surface area contributed by atoms with E-state index in [2.05, 4.69) is 10.6 Å². The van der Waals surface area contributed by atoms with Crippen molar-refractivity contribution >= 4 is 33.9 Å². The number of thiophene rings is 1. The Hall–Kier alpha value is -2.70. The third-order valence-electron chi connectivity index (χ3n) is 4.01. The van der Waals surface area contributed by atoms with Crippen molar-refractivity contribution < 1.29 is 14.7 Å². The highest BCUT2D eigenvalue weighted by Crippen LogP contribution is 2.21. The van der Waals surface area contributed by atoms with E-state index in [0.717, 1.165) is 21.2 Å². The minimum Gasteiger partial charge on any atom is -0.387 e. The van der Waals surface area contributed by atoms with Crippen LogP contribution in [-0.4, -0.2) is 23.5 Å². The number of benzene rings is 2. The normalized spacial score (nSPS) is 11.9. The van der Waals surface area contributed by atoms with E-state index < -0.39 is 6.10 Å². The van der Waals surface area contributed by atoms with E-state index in [9.17, 15) is 14.7 Å². The molecule has 3 N–H and O–H groups in total. The molecule has 1 aromatic heterocycles. The molecule has 0 saturated heterocycles. The van der Waals surface area contributed by atoms with Crippen LogP contribution in [0.3, 0.4) is 0 Å². The van der Waals surface area contributed by atoms with Gasteiger partial charge in [-0.2, -0.15) is 0 Å². The van der Waals surface area contributed by atoms with Crippen molar-refractivity contribution in [3.05, 3.63) is 69.9 Å². The van der Waals surface area contributed by atoms with Gasteiger partial charge in [0.05, 0.1) is 17.5 Å². The van der Waals surface area contributed by atoms with Crippen LogP contribution < -0.4 is 10.6 Å². The first-order chi connectivity index (χ1) is 12.5. The van der Waals surface area contributed by atoms with Gasteiger partial charge in [0.15, 0.2) is 0 Å². The number of aliphatic hydroxyl groups excluding tert-OH is 1. The zero-order valence-electron chi connectivity index (χ0n) is 14.4. The van der Waals surface area contributed by atoms with E-state index in [1.54, 1.807) is 6.07 Å². The molecule has 0 fully saturated rings. The first-order valence-electron chi connectivity index (χ1n) is 8.31. The molecule has 3 aromatic rings. The third kappa shape index (κ3) is 4.47. The number of carbonyl (C=O) groups excluding carboxylic acids is 2. The third-order valence-corrected chi connectivity index (χ3v) is 5.10. The van der Waals surface area contributed by atoms with Gasteiger partial charge in [0.1, 0.15) is 0 Å². The lowest BCUT2D eigenvalue weighted by Gasteiger charge is -2.12. The summed E-state index contributed by atoms with van der Waals surface area (Å²) < 4.78 is 0. The van der Waals surface area contributed by atoms with Crippen molar-refractivity contribution in [2.75, 3.05) is 6.54 Å². The SMILES string of the molecule is CC(=O)NCc1ccc(C(=O)NCC(O)c2ccc3ccccc3c2)s1. The molecule has 1 heterocycles. The minimum atomic E-state index is -0.776. The van der Waals surface area contributed by atoms with Crippen molar-refractivity contribution in [2.45, 2.75) is 19.6 Å². The highest BCUT2D eigenvalue weighted by atomic mass is 32.1. The van der Waals surface area contributed by atoms with E-state index in [-0.39, 0.29) is 18.4 Å². The van der Waals surface area contributed by atoms with Gasteiger partial charge in [-0.25, -0.2) is 0 Å². The van der Waals surface area contributed by atoms with Crippen LogP contribution in [0.25, 0.3) is 10.8 Å². The number of rotatable bonds is 6. The van der Waals surface area contributed by atoms with Crippen molar-refractivity contribution in [3.63, 3.8) is 0 Å². The summed E-state index contributed by atoms with van der Waals surface area (Å²) in [5, 5.41) is 18.0. The fraction of sp³-hybridized carbons (Fsp3) is 0.200. The van der Waals surface area contributed by atoms with Gasteiger partial charge in [0, 0.05) is 18.3 Å². The molecule has 1 unspecified atom stereocenters. The van der Waals surface area contributed by atoms with Crippen molar-refractivity contribution in [2.24, 2.45) is 0 Å². The molecule has 0 spiro atoms. The Morgan fingerprint density at radius 3 is 2.58 bits per heavy atom. The van der Waals surface area contributed by atoms with Gasteiger partial charge in [-0.05, 0) is 34.5 Å². The summed E-state index contributed by atoms with van der Waals surface area (Å²) in [6, 6.07) is 17.2. The molecular weight excluding hydrogens is 348 g/mol. The smallest absolute Gasteiger partial charge is 0.261 e. The molecule has 0 aliphatic carbocycles. The number of carbonyl (C=O) groups is 2. The lowest BCUT2D eigenvalue weighted by molar-refractivity contribution is -0.119. The van der Waals surface area contributed by atoms with Crippen molar-refractivity contribution in [1.29, 1.82) is 0 Å². The van der Waals surface area contributed by atoms with Crippen LogP contribution in [0.5, 0.6) is 0 Å². The number of amides is 2. The van der Waals surface area contributed by atoms with Crippen LogP contribution in [0.2, 0.25) is 0 Å². The molecule has 6 heteroatoms. The number of fused-ring (bicyclic) bond motifs is 1. The number of nitrogens with one attached hydrogen (secondary N) is 2. The van der Waals surface area contributed by atoms with Gasteiger partial charge in [-0.1, -0.05) is 36.4 Å². The van der Waals surface area contributed by atoms with Crippen LogP contribution in [0, 0.1) is 0 Å². The predicted octanol–water partition coefficient (Wildman–Crippen LogP) is 3.00. The standard InChI is InChI=1S/C20H20N2O3S/c1-13(23)21-11-17-8-9-19(26-17)20(25)22-12-18(24)16-7-6-14-4-2-3-5-15(14)10-16/h2-10,18,24H,11-12H2,1H3,(H,21,23)(H,22,25). The lowest BCUT2D eigenvalue weighted by atomic mass is 10.0. The van der Waals surface area contributed by atoms with E-state index >= 15 is 0 Å². The van der Waals surface area contributed by atoms with E-state index in [4.69, 9.17) is 0 Å². The quantitative estimate of drug-likeness (QED) is 0.626. The van der Waals surface area contributed by atoms with E-state index in [1.165, 1.54) is 18.3 Å².